The second-order valence-electron chi connectivity index (χ2n) is 4.54. The Bertz CT molecular complexity index is 624. The molecule has 1 heterocycles. The van der Waals surface area contributed by atoms with Crippen molar-refractivity contribution in [3.05, 3.63) is 64.1 Å². The summed E-state index contributed by atoms with van der Waals surface area (Å²) in [6, 6.07) is 9.37. The first-order valence-corrected chi connectivity index (χ1v) is 7.70. The third kappa shape index (κ3) is 4.19. The fraction of sp³-hybridized carbons (Fsp3) is 0.267. The molecule has 6 nitrogen and oxygen atoms in total. The largest absolute Gasteiger partial charge is 0.461 e. The summed E-state index contributed by atoms with van der Waals surface area (Å²) < 4.78 is 5.09. The molecule has 1 atom stereocenters. The van der Waals surface area contributed by atoms with Gasteiger partial charge in [-0.05, 0) is 17.7 Å². The number of hydrogen-bond acceptors (Lipinski definition) is 6. The molecule has 0 aliphatic heterocycles. The maximum atomic E-state index is 12.2. The highest BCUT2D eigenvalue weighted by molar-refractivity contribution is 7.99. The van der Waals surface area contributed by atoms with Crippen LogP contribution in [0.5, 0.6) is 0 Å². The summed E-state index contributed by atoms with van der Waals surface area (Å²) in [4.78, 5) is 22.4. The van der Waals surface area contributed by atoms with Crippen molar-refractivity contribution < 1.29 is 19.2 Å². The van der Waals surface area contributed by atoms with Crippen molar-refractivity contribution in [2.24, 2.45) is 0 Å². The van der Waals surface area contributed by atoms with Crippen molar-refractivity contribution in [2.45, 2.75) is 11.7 Å². The van der Waals surface area contributed by atoms with Crippen LogP contribution in [0, 0.1) is 10.1 Å². The minimum absolute atomic E-state index is 0.00307. The summed E-state index contributed by atoms with van der Waals surface area (Å²) in [5.41, 5.74) is 0.816. The molecule has 22 heavy (non-hydrogen) atoms. The summed E-state index contributed by atoms with van der Waals surface area (Å²) in [5, 5.41) is 19.5. The predicted octanol–water partition coefficient (Wildman–Crippen LogP) is 3.23. The monoisotopic (exact) mass is 321 g/mol. The Morgan fingerprint density at radius 2 is 2.05 bits per heavy atom. The maximum absolute atomic E-state index is 12.2. The summed E-state index contributed by atoms with van der Waals surface area (Å²) in [7, 11) is 0. The fourth-order valence-corrected chi connectivity index (χ4v) is 2.99. The average molecular weight is 321 g/mol. The number of ketones is 1. The van der Waals surface area contributed by atoms with E-state index in [1.165, 1.54) is 30.2 Å². The van der Waals surface area contributed by atoms with Crippen LogP contribution in [0.4, 0.5) is 5.69 Å². The van der Waals surface area contributed by atoms with Gasteiger partial charge in [-0.3, -0.25) is 14.9 Å². The Morgan fingerprint density at radius 3 is 2.59 bits per heavy atom. The Labute approximate surface area is 131 Å². The van der Waals surface area contributed by atoms with Gasteiger partial charge in [0.1, 0.15) is 0 Å². The van der Waals surface area contributed by atoms with Crippen molar-refractivity contribution in [1.29, 1.82) is 0 Å². The first-order valence-electron chi connectivity index (χ1n) is 6.65. The standard InChI is InChI=1S/C15H15NO5S/c17-7-9-22-15(10-13(18)14-2-1-8-21-14)11-3-5-12(6-4-11)16(19)20/h1-6,8,15,17H,7,9-10H2/t15-/m1/s1. The Kier molecular flexibility index (Phi) is 5.74. The van der Waals surface area contributed by atoms with Crippen LogP contribution in [-0.4, -0.2) is 28.2 Å². The molecule has 1 N–H and O–H groups in total. The highest BCUT2D eigenvalue weighted by Crippen LogP contribution is 2.34. The molecule has 116 valence electrons. The summed E-state index contributed by atoms with van der Waals surface area (Å²) >= 11 is 1.43. The van der Waals surface area contributed by atoms with Gasteiger partial charge in [-0.2, -0.15) is 11.8 Å². The minimum atomic E-state index is -0.465. The molecule has 0 spiro atoms. The molecule has 1 aromatic carbocycles. The number of furan rings is 1. The Balaban J connectivity index is 2.14. The van der Waals surface area contributed by atoms with Crippen LogP contribution in [0.2, 0.25) is 0 Å². The van der Waals surface area contributed by atoms with Crippen molar-refractivity contribution in [2.75, 3.05) is 12.4 Å². The van der Waals surface area contributed by atoms with Gasteiger partial charge in [0.25, 0.3) is 5.69 Å². The van der Waals surface area contributed by atoms with Crippen LogP contribution in [0.1, 0.15) is 27.8 Å². The number of nitro benzene ring substituents is 1. The second-order valence-corrected chi connectivity index (χ2v) is 5.85. The van der Waals surface area contributed by atoms with E-state index in [9.17, 15) is 14.9 Å². The lowest BCUT2D eigenvalue weighted by molar-refractivity contribution is -0.384. The third-order valence-electron chi connectivity index (χ3n) is 3.05. The molecule has 7 heteroatoms. The molecule has 0 radical (unpaired) electrons. The van der Waals surface area contributed by atoms with Gasteiger partial charge in [0.2, 0.25) is 0 Å². The number of benzene rings is 1. The van der Waals surface area contributed by atoms with Crippen molar-refractivity contribution in [3.63, 3.8) is 0 Å². The lowest BCUT2D eigenvalue weighted by Gasteiger charge is -2.15. The van der Waals surface area contributed by atoms with E-state index >= 15 is 0 Å². The SMILES string of the molecule is O=C(C[C@@H](SCCO)c1ccc([N+](=O)[O-])cc1)c1ccco1. The van der Waals surface area contributed by atoms with Crippen LogP contribution in [0.15, 0.2) is 47.1 Å². The molecule has 2 rings (SSSR count). The van der Waals surface area contributed by atoms with Crippen LogP contribution < -0.4 is 0 Å². The first kappa shape index (κ1) is 16.3. The number of nitro groups is 1. The number of rotatable bonds is 8. The number of nitrogens with zero attached hydrogens (tertiary/aromatic N) is 1. The number of hydrogen-bond donors (Lipinski definition) is 1. The minimum Gasteiger partial charge on any atom is -0.461 e. The molecule has 0 aliphatic carbocycles. The maximum Gasteiger partial charge on any atom is 0.269 e. The van der Waals surface area contributed by atoms with Gasteiger partial charge in [-0.1, -0.05) is 12.1 Å². The van der Waals surface area contributed by atoms with Crippen molar-refractivity contribution >= 4 is 23.2 Å². The number of Topliss-reactive ketones (excluding diaryl/α,β-unsaturated/α-hetero) is 1. The van der Waals surface area contributed by atoms with Crippen molar-refractivity contribution in [1.82, 2.24) is 0 Å². The lowest BCUT2D eigenvalue weighted by Crippen LogP contribution is -2.06. The predicted molar refractivity (Wildman–Crippen MR) is 83.0 cm³/mol. The molecule has 0 bridgehead atoms. The topological polar surface area (TPSA) is 93.6 Å². The quantitative estimate of drug-likeness (QED) is 0.456. The molecule has 2 aromatic rings. The smallest absolute Gasteiger partial charge is 0.269 e. The zero-order chi connectivity index (χ0) is 15.9. The molecule has 0 unspecified atom stereocenters. The van der Waals surface area contributed by atoms with E-state index in [2.05, 4.69) is 0 Å². The van der Waals surface area contributed by atoms with Gasteiger partial charge in [0.05, 0.1) is 17.8 Å². The van der Waals surface area contributed by atoms with Crippen LogP contribution >= 0.6 is 11.8 Å². The molecule has 0 saturated carbocycles. The number of carbonyl (C=O) groups excluding carboxylic acids is 1. The second kappa shape index (κ2) is 7.77. The van der Waals surface area contributed by atoms with Gasteiger partial charge in [-0.25, -0.2) is 0 Å². The summed E-state index contributed by atoms with van der Waals surface area (Å²) in [5.74, 6) is 0.628. The molecule has 0 saturated heterocycles. The van der Waals surface area contributed by atoms with Gasteiger partial charge in [0, 0.05) is 29.6 Å². The number of non-ortho nitro benzene ring substituents is 1. The highest BCUT2D eigenvalue weighted by atomic mass is 32.2. The molecule has 0 amide bonds. The van der Waals surface area contributed by atoms with Crippen LogP contribution in [0.25, 0.3) is 0 Å². The van der Waals surface area contributed by atoms with Gasteiger partial charge < -0.3 is 9.52 Å². The molecular weight excluding hydrogens is 306 g/mol. The first-order chi connectivity index (χ1) is 10.6. The van der Waals surface area contributed by atoms with Gasteiger partial charge in [-0.15, -0.1) is 0 Å². The molecule has 1 aromatic heterocycles. The molecular formula is C15H15NO5S. The third-order valence-corrected chi connectivity index (χ3v) is 4.31. The van der Waals surface area contributed by atoms with Crippen LogP contribution in [-0.2, 0) is 0 Å². The average Bonchev–Trinajstić information content (AvgIpc) is 3.06. The van der Waals surface area contributed by atoms with Crippen LogP contribution in [0.3, 0.4) is 0 Å². The van der Waals surface area contributed by atoms with Crippen molar-refractivity contribution in [3.8, 4) is 0 Å². The fourth-order valence-electron chi connectivity index (χ4n) is 1.98. The van der Waals surface area contributed by atoms with E-state index in [-0.39, 0.29) is 35.5 Å². The van der Waals surface area contributed by atoms with E-state index in [1.807, 2.05) is 0 Å². The highest BCUT2D eigenvalue weighted by Gasteiger charge is 2.20. The Hall–Kier alpha value is -2.12. The van der Waals surface area contributed by atoms with E-state index in [4.69, 9.17) is 9.52 Å². The summed E-state index contributed by atoms with van der Waals surface area (Å²) in [6.45, 7) is 0.00307. The number of aliphatic hydroxyl groups excluding tert-OH is 1. The molecule has 0 fully saturated rings. The summed E-state index contributed by atoms with van der Waals surface area (Å²) in [6.07, 6.45) is 1.64. The van der Waals surface area contributed by atoms with E-state index in [1.54, 1.807) is 24.3 Å². The number of aliphatic hydroxyl groups is 1. The normalized spacial score (nSPS) is 12.0. The van der Waals surface area contributed by atoms with Gasteiger partial charge in [0.15, 0.2) is 11.5 Å². The van der Waals surface area contributed by atoms with E-state index in [0.29, 0.717) is 5.75 Å². The molecule has 0 aliphatic rings. The van der Waals surface area contributed by atoms with E-state index in [0.717, 1.165) is 5.56 Å². The zero-order valence-corrected chi connectivity index (χ0v) is 12.5. The van der Waals surface area contributed by atoms with Gasteiger partial charge >= 0.3 is 0 Å². The Morgan fingerprint density at radius 1 is 1.32 bits per heavy atom. The number of carbonyl (C=O) groups is 1. The van der Waals surface area contributed by atoms with E-state index < -0.39 is 4.92 Å². The lowest BCUT2D eigenvalue weighted by atomic mass is 10.1. The number of thioether (sulfide) groups is 1. The zero-order valence-electron chi connectivity index (χ0n) is 11.7.